The number of carbonyl (C=O) groups is 1. The first-order valence-corrected chi connectivity index (χ1v) is 8.33. The van der Waals surface area contributed by atoms with Gasteiger partial charge in [-0.05, 0) is 17.7 Å². The topological polar surface area (TPSA) is 97.6 Å². The summed E-state index contributed by atoms with van der Waals surface area (Å²) in [5, 5.41) is 3.90. The van der Waals surface area contributed by atoms with Crippen molar-refractivity contribution in [2.24, 2.45) is 10.7 Å². The quantitative estimate of drug-likeness (QED) is 0.747. The van der Waals surface area contributed by atoms with Crippen molar-refractivity contribution in [1.29, 1.82) is 0 Å². The van der Waals surface area contributed by atoms with Crippen LogP contribution in [0.2, 0.25) is 0 Å². The van der Waals surface area contributed by atoms with Crippen LogP contribution in [0, 0.1) is 0 Å². The standard InChI is InChI=1S/C19H15F2N5O2/c1-26-17(27)19(24-18(26)22,13-5-6-15(16(20)21)23-10-13)12-4-2-3-11(9-12)14-7-8-28-25-14/h2-10,16H,1H3,(H2,22,24). The number of likely N-dealkylation sites (N-methyl/N-ethyl adjacent to an activating group) is 1. The Morgan fingerprint density at radius 1 is 1.18 bits per heavy atom. The van der Waals surface area contributed by atoms with Gasteiger partial charge >= 0.3 is 0 Å². The van der Waals surface area contributed by atoms with Gasteiger partial charge in [-0.2, -0.15) is 0 Å². The number of benzene rings is 1. The van der Waals surface area contributed by atoms with Gasteiger partial charge in [0.25, 0.3) is 12.3 Å². The van der Waals surface area contributed by atoms with E-state index in [1.54, 1.807) is 24.3 Å². The normalized spacial score (nSPS) is 19.4. The lowest BCUT2D eigenvalue weighted by Gasteiger charge is -2.26. The summed E-state index contributed by atoms with van der Waals surface area (Å²) in [6.45, 7) is 0. The van der Waals surface area contributed by atoms with Crippen LogP contribution in [0.4, 0.5) is 8.78 Å². The van der Waals surface area contributed by atoms with Gasteiger partial charge in [-0.3, -0.25) is 14.7 Å². The van der Waals surface area contributed by atoms with Crippen LogP contribution in [0.25, 0.3) is 11.3 Å². The van der Waals surface area contributed by atoms with Crippen LogP contribution in [0.15, 0.2) is 64.4 Å². The third-order valence-electron chi connectivity index (χ3n) is 4.68. The fourth-order valence-electron chi connectivity index (χ4n) is 3.20. The molecular weight excluding hydrogens is 368 g/mol. The Hall–Kier alpha value is -3.62. The van der Waals surface area contributed by atoms with Gasteiger partial charge in [0.05, 0.1) is 0 Å². The van der Waals surface area contributed by atoms with Gasteiger partial charge in [0.2, 0.25) is 0 Å². The van der Waals surface area contributed by atoms with Crippen molar-refractivity contribution in [3.63, 3.8) is 0 Å². The molecule has 1 aromatic carbocycles. The molecule has 4 rings (SSSR count). The number of rotatable bonds is 4. The van der Waals surface area contributed by atoms with E-state index in [2.05, 4.69) is 15.1 Å². The van der Waals surface area contributed by atoms with E-state index in [4.69, 9.17) is 10.3 Å². The lowest BCUT2D eigenvalue weighted by Crippen LogP contribution is -2.41. The van der Waals surface area contributed by atoms with Crippen LogP contribution < -0.4 is 5.73 Å². The molecule has 28 heavy (non-hydrogen) atoms. The minimum absolute atomic E-state index is 0.0229. The molecule has 1 aliphatic heterocycles. The van der Waals surface area contributed by atoms with Crippen molar-refractivity contribution < 1.29 is 18.1 Å². The molecule has 0 fully saturated rings. The maximum Gasteiger partial charge on any atom is 0.280 e. The highest BCUT2D eigenvalue weighted by Crippen LogP contribution is 2.40. The zero-order valence-electron chi connectivity index (χ0n) is 14.7. The average Bonchev–Trinajstić information content (AvgIpc) is 3.32. The lowest BCUT2D eigenvalue weighted by molar-refractivity contribution is -0.129. The number of halogens is 2. The number of nitrogens with zero attached hydrogens (tertiary/aromatic N) is 4. The second-order valence-corrected chi connectivity index (χ2v) is 6.28. The minimum atomic E-state index is -2.71. The highest BCUT2D eigenvalue weighted by atomic mass is 19.3. The zero-order valence-corrected chi connectivity index (χ0v) is 14.7. The van der Waals surface area contributed by atoms with Gasteiger partial charge in [0, 0.05) is 30.4 Å². The SMILES string of the molecule is CN1C(=O)C(c2ccc(C(F)F)nc2)(c2cccc(-c3ccon3)c2)N=C1N. The number of hydrogen-bond acceptors (Lipinski definition) is 6. The van der Waals surface area contributed by atoms with Crippen molar-refractivity contribution in [3.05, 3.63) is 71.7 Å². The largest absolute Gasteiger partial charge is 0.369 e. The van der Waals surface area contributed by atoms with E-state index in [0.717, 1.165) is 0 Å². The molecule has 0 saturated heterocycles. The van der Waals surface area contributed by atoms with Crippen LogP contribution in [0.5, 0.6) is 0 Å². The highest BCUT2D eigenvalue weighted by molar-refractivity contribution is 6.09. The van der Waals surface area contributed by atoms with Crippen LogP contribution in [0.3, 0.4) is 0 Å². The molecule has 0 radical (unpaired) electrons. The van der Waals surface area contributed by atoms with Gasteiger partial charge in [-0.25, -0.2) is 13.8 Å². The number of amides is 1. The van der Waals surface area contributed by atoms with E-state index in [9.17, 15) is 13.6 Å². The highest BCUT2D eigenvalue weighted by Gasteiger charge is 2.49. The fraction of sp³-hybridized carbons (Fsp3) is 0.158. The van der Waals surface area contributed by atoms with E-state index in [0.29, 0.717) is 22.4 Å². The Bertz CT molecular complexity index is 1050. The first kappa shape index (κ1) is 17.8. The first-order chi connectivity index (χ1) is 13.4. The van der Waals surface area contributed by atoms with E-state index < -0.39 is 17.9 Å². The fourth-order valence-corrected chi connectivity index (χ4v) is 3.20. The molecule has 0 bridgehead atoms. The molecule has 7 nitrogen and oxygen atoms in total. The molecule has 142 valence electrons. The van der Waals surface area contributed by atoms with Gasteiger partial charge < -0.3 is 10.3 Å². The lowest BCUT2D eigenvalue weighted by atomic mass is 9.82. The summed E-state index contributed by atoms with van der Waals surface area (Å²) in [7, 11) is 1.51. The van der Waals surface area contributed by atoms with Gasteiger partial charge in [0.15, 0.2) is 11.5 Å². The van der Waals surface area contributed by atoms with E-state index in [1.807, 2.05) is 6.07 Å². The third kappa shape index (κ3) is 2.63. The molecule has 0 spiro atoms. The number of pyridine rings is 1. The van der Waals surface area contributed by atoms with Gasteiger partial charge in [-0.15, -0.1) is 0 Å². The second kappa shape index (κ2) is 6.52. The van der Waals surface area contributed by atoms with E-state index in [-0.39, 0.29) is 11.7 Å². The first-order valence-electron chi connectivity index (χ1n) is 8.33. The molecule has 2 aromatic heterocycles. The summed E-state index contributed by atoms with van der Waals surface area (Å²) in [5.41, 5.74) is 6.15. The average molecular weight is 383 g/mol. The predicted molar refractivity (Wildman–Crippen MR) is 96.3 cm³/mol. The van der Waals surface area contributed by atoms with Gasteiger partial charge in [0.1, 0.15) is 17.7 Å². The van der Waals surface area contributed by atoms with Crippen LogP contribution in [0.1, 0.15) is 23.2 Å². The Morgan fingerprint density at radius 3 is 2.57 bits per heavy atom. The van der Waals surface area contributed by atoms with Crippen LogP contribution >= 0.6 is 0 Å². The smallest absolute Gasteiger partial charge is 0.280 e. The van der Waals surface area contributed by atoms with Crippen LogP contribution in [-0.4, -0.2) is 34.0 Å². The predicted octanol–water partition coefficient (Wildman–Crippen LogP) is 2.70. The molecule has 1 unspecified atom stereocenters. The second-order valence-electron chi connectivity index (χ2n) is 6.28. The number of hydrogen-bond donors (Lipinski definition) is 1. The van der Waals surface area contributed by atoms with Crippen molar-refractivity contribution in [1.82, 2.24) is 15.0 Å². The molecule has 2 N–H and O–H groups in total. The number of carbonyl (C=O) groups excluding carboxylic acids is 1. The molecule has 1 aliphatic rings. The Labute approximate surface area is 158 Å². The molecule has 3 heterocycles. The maximum absolute atomic E-state index is 13.2. The Balaban J connectivity index is 1.91. The summed E-state index contributed by atoms with van der Waals surface area (Å²) < 4.78 is 30.7. The van der Waals surface area contributed by atoms with Crippen molar-refractivity contribution in [2.45, 2.75) is 12.0 Å². The molecule has 3 aromatic rings. The number of alkyl halides is 2. The molecular formula is C19H15F2N5O2. The summed E-state index contributed by atoms with van der Waals surface area (Å²) in [6, 6.07) is 11.3. The maximum atomic E-state index is 13.2. The third-order valence-corrected chi connectivity index (χ3v) is 4.68. The van der Waals surface area contributed by atoms with Crippen molar-refractivity contribution in [3.8, 4) is 11.3 Å². The number of guanidine groups is 1. The molecule has 1 atom stereocenters. The van der Waals surface area contributed by atoms with E-state index in [1.165, 1.54) is 36.5 Å². The molecule has 9 heteroatoms. The monoisotopic (exact) mass is 383 g/mol. The zero-order chi connectivity index (χ0) is 19.9. The molecule has 0 aliphatic carbocycles. The van der Waals surface area contributed by atoms with Crippen molar-refractivity contribution in [2.75, 3.05) is 7.05 Å². The summed E-state index contributed by atoms with van der Waals surface area (Å²) in [4.78, 5) is 22.6. The number of aliphatic imine (C=N–C) groups is 1. The Morgan fingerprint density at radius 2 is 2.00 bits per heavy atom. The molecule has 0 saturated carbocycles. The number of aromatic nitrogens is 2. The van der Waals surface area contributed by atoms with E-state index >= 15 is 0 Å². The number of nitrogens with two attached hydrogens (primary N) is 1. The minimum Gasteiger partial charge on any atom is -0.369 e. The summed E-state index contributed by atoms with van der Waals surface area (Å²) in [5.74, 6) is -0.385. The summed E-state index contributed by atoms with van der Waals surface area (Å²) in [6.07, 6.45) is -0.0379. The Kier molecular flexibility index (Phi) is 4.14. The van der Waals surface area contributed by atoms with Crippen molar-refractivity contribution >= 4 is 11.9 Å². The van der Waals surface area contributed by atoms with Gasteiger partial charge in [-0.1, -0.05) is 29.4 Å². The summed E-state index contributed by atoms with van der Waals surface area (Å²) >= 11 is 0. The molecule has 1 amide bonds. The van der Waals surface area contributed by atoms with Crippen LogP contribution in [-0.2, 0) is 10.3 Å².